The number of amides is 2. The molecule has 0 aliphatic carbocycles. The second kappa shape index (κ2) is 11.0. The Morgan fingerprint density at radius 2 is 1.05 bits per heavy atom. The van der Waals surface area contributed by atoms with Crippen LogP contribution in [0.25, 0.3) is 22.3 Å². The average molecular weight is 544 g/mol. The van der Waals surface area contributed by atoms with Crippen molar-refractivity contribution in [2.75, 3.05) is 0 Å². The van der Waals surface area contributed by atoms with Gasteiger partial charge in [0.15, 0.2) is 0 Å². The standard InChI is InChI=1S/C25H16N6O9/c26-23(32)15-5-13(9-28-11-15)19-7-17(30(35)36)1-3-21(19)39-25(34)40-22-4-2-18(31(37)38)8-20(22)14-6-16(24(27)33)12-29-10-14/h1-12H,(H2,26,32)(H2,27,33). The number of hydrogen-bond donors (Lipinski definition) is 2. The summed E-state index contributed by atoms with van der Waals surface area (Å²) in [5.74, 6) is -2.00. The van der Waals surface area contributed by atoms with Gasteiger partial charge < -0.3 is 20.9 Å². The molecule has 0 saturated carbocycles. The van der Waals surface area contributed by atoms with Gasteiger partial charge in [-0.15, -0.1) is 0 Å². The molecule has 2 aromatic carbocycles. The summed E-state index contributed by atoms with van der Waals surface area (Å²) < 4.78 is 10.6. The molecule has 2 heterocycles. The number of nitro groups is 2. The zero-order chi connectivity index (χ0) is 29.0. The molecule has 15 nitrogen and oxygen atoms in total. The molecule has 0 unspecified atom stereocenters. The van der Waals surface area contributed by atoms with Crippen LogP contribution in [0.5, 0.6) is 11.5 Å². The van der Waals surface area contributed by atoms with E-state index in [1.807, 2.05) is 0 Å². The predicted octanol–water partition coefficient (Wildman–Crippen LogP) is 3.40. The smallest absolute Gasteiger partial charge is 0.394 e. The summed E-state index contributed by atoms with van der Waals surface area (Å²) in [5.41, 5.74) is 10.3. The summed E-state index contributed by atoms with van der Waals surface area (Å²) in [6.07, 6.45) is 3.61. The third-order valence-electron chi connectivity index (χ3n) is 5.40. The van der Waals surface area contributed by atoms with E-state index in [0.717, 1.165) is 36.4 Å². The Hall–Kier alpha value is -6.25. The van der Waals surface area contributed by atoms with Crippen molar-refractivity contribution in [1.82, 2.24) is 9.97 Å². The van der Waals surface area contributed by atoms with Gasteiger partial charge >= 0.3 is 6.16 Å². The maximum Gasteiger partial charge on any atom is 0.519 e. The van der Waals surface area contributed by atoms with Crippen molar-refractivity contribution in [3.8, 4) is 33.8 Å². The molecule has 2 amide bonds. The average Bonchev–Trinajstić information content (AvgIpc) is 2.93. The van der Waals surface area contributed by atoms with Gasteiger partial charge in [0.2, 0.25) is 11.8 Å². The molecular formula is C25H16N6O9. The van der Waals surface area contributed by atoms with Gasteiger partial charge in [-0.3, -0.25) is 39.8 Å². The van der Waals surface area contributed by atoms with Gasteiger partial charge in [-0.1, -0.05) is 0 Å². The van der Waals surface area contributed by atoms with Crippen LogP contribution < -0.4 is 20.9 Å². The van der Waals surface area contributed by atoms with Crippen molar-refractivity contribution in [3.63, 3.8) is 0 Å². The topological polar surface area (TPSA) is 234 Å². The van der Waals surface area contributed by atoms with Crippen LogP contribution >= 0.6 is 0 Å². The summed E-state index contributed by atoms with van der Waals surface area (Å²) in [6, 6.07) is 9.25. The maximum atomic E-state index is 12.8. The van der Waals surface area contributed by atoms with E-state index in [4.69, 9.17) is 20.9 Å². The highest BCUT2D eigenvalue weighted by molar-refractivity contribution is 5.95. The number of carbonyl (C=O) groups excluding carboxylic acids is 3. The number of primary amides is 2. The molecule has 0 radical (unpaired) electrons. The summed E-state index contributed by atoms with van der Waals surface area (Å²) in [5, 5.41) is 22.7. The molecule has 40 heavy (non-hydrogen) atoms. The first-order valence-electron chi connectivity index (χ1n) is 11.0. The third kappa shape index (κ3) is 5.83. The number of ether oxygens (including phenoxy) is 2. The fraction of sp³-hybridized carbons (Fsp3) is 0. The molecule has 0 saturated heterocycles. The molecule has 4 aromatic rings. The van der Waals surface area contributed by atoms with E-state index in [-0.39, 0.29) is 56.3 Å². The normalized spacial score (nSPS) is 10.4. The molecule has 2 aromatic heterocycles. The third-order valence-corrected chi connectivity index (χ3v) is 5.40. The second-order valence-corrected chi connectivity index (χ2v) is 7.98. The predicted molar refractivity (Wildman–Crippen MR) is 136 cm³/mol. The van der Waals surface area contributed by atoms with Crippen molar-refractivity contribution >= 4 is 29.3 Å². The van der Waals surface area contributed by atoms with Crippen LogP contribution in [0.3, 0.4) is 0 Å². The van der Waals surface area contributed by atoms with Crippen molar-refractivity contribution in [3.05, 3.63) is 105 Å². The number of hydrogen-bond acceptors (Lipinski definition) is 11. The lowest BCUT2D eigenvalue weighted by molar-refractivity contribution is -0.385. The highest BCUT2D eigenvalue weighted by atomic mass is 16.7. The summed E-state index contributed by atoms with van der Waals surface area (Å²) in [6.45, 7) is 0. The number of benzene rings is 2. The number of rotatable bonds is 8. The zero-order valence-electron chi connectivity index (χ0n) is 20.0. The van der Waals surface area contributed by atoms with E-state index in [1.54, 1.807) is 0 Å². The molecular weight excluding hydrogens is 528 g/mol. The van der Waals surface area contributed by atoms with Crippen LogP contribution in [-0.4, -0.2) is 37.8 Å². The van der Waals surface area contributed by atoms with Crippen LogP contribution in [0.1, 0.15) is 20.7 Å². The Kier molecular flexibility index (Phi) is 7.38. The molecule has 4 rings (SSSR count). The Bertz CT molecular complexity index is 1580. The van der Waals surface area contributed by atoms with E-state index in [9.17, 15) is 34.6 Å². The lowest BCUT2D eigenvalue weighted by atomic mass is 10.0. The monoisotopic (exact) mass is 544 g/mol. The van der Waals surface area contributed by atoms with E-state index in [2.05, 4.69) is 9.97 Å². The van der Waals surface area contributed by atoms with Crippen molar-refractivity contribution in [1.29, 1.82) is 0 Å². The molecule has 15 heteroatoms. The van der Waals surface area contributed by atoms with E-state index < -0.39 is 27.8 Å². The van der Waals surface area contributed by atoms with Crippen LogP contribution in [0.4, 0.5) is 16.2 Å². The Morgan fingerprint density at radius 3 is 1.40 bits per heavy atom. The minimum absolute atomic E-state index is 0.000134. The second-order valence-electron chi connectivity index (χ2n) is 7.98. The maximum absolute atomic E-state index is 12.8. The summed E-state index contributed by atoms with van der Waals surface area (Å²) in [7, 11) is 0. The molecule has 0 aliphatic rings. The molecule has 0 spiro atoms. The molecule has 200 valence electrons. The van der Waals surface area contributed by atoms with Crippen molar-refractivity contribution in [2.24, 2.45) is 11.5 Å². The quantitative estimate of drug-likeness (QED) is 0.141. The van der Waals surface area contributed by atoms with E-state index in [1.165, 1.54) is 36.9 Å². The van der Waals surface area contributed by atoms with Crippen molar-refractivity contribution in [2.45, 2.75) is 0 Å². The number of pyridine rings is 2. The number of carbonyl (C=O) groups is 3. The summed E-state index contributed by atoms with van der Waals surface area (Å²) >= 11 is 0. The van der Waals surface area contributed by atoms with Crippen LogP contribution in [0, 0.1) is 20.2 Å². The number of nitrogens with zero attached hydrogens (tertiary/aromatic N) is 4. The first-order chi connectivity index (χ1) is 19.0. The Labute approximate surface area is 223 Å². The highest BCUT2D eigenvalue weighted by Crippen LogP contribution is 2.36. The minimum atomic E-state index is -1.32. The number of non-ortho nitro benzene ring substituents is 2. The Morgan fingerprint density at radius 1 is 0.650 bits per heavy atom. The van der Waals surface area contributed by atoms with Crippen LogP contribution in [0.15, 0.2) is 73.3 Å². The largest absolute Gasteiger partial charge is 0.519 e. The fourth-order valence-electron chi connectivity index (χ4n) is 3.54. The fourth-order valence-corrected chi connectivity index (χ4v) is 3.54. The van der Waals surface area contributed by atoms with Gasteiger partial charge in [0, 0.05) is 71.3 Å². The van der Waals surface area contributed by atoms with Gasteiger partial charge in [-0.05, 0) is 24.3 Å². The number of aromatic nitrogens is 2. The van der Waals surface area contributed by atoms with Gasteiger partial charge in [0.1, 0.15) is 11.5 Å². The van der Waals surface area contributed by atoms with Gasteiger partial charge in [-0.25, -0.2) is 4.79 Å². The van der Waals surface area contributed by atoms with E-state index in [0.29, 0.717) is 0 Å². The van der Waals surface area contributed by atoms with Gasteiger partial charge in [0.05, 0.1) is 21.0 Å². The number of nitro benzene ring substituents is 2. The van der Waals surface area contributed by atoms with Gasteiger partial charge in [-0.2, -0.15) is 0 Å². The lowest BCUT2D eigenvalue weighted by Gasteiger charge is -2.13. The van der Waals surface area contributed by atoms with Crippen LogP contribution in [0.2, 0.25) is 0 Å². The minimum Gasteiger partial charge on any atom is -0.394 e. The molecule has 4 N–H and O–H groups in total. The first kappa shape index (κ1) is 26.8. The first-order valence-corrected chi connectivity index (χ1v) is 11.0. The molecule has 0 fully saturated rings. The zero-order valence-corrected chi connectivity index (χ0v) is 20.0. The van der Waals surface area contributed by atoms with E-state index >= 15 is 0 Å². The Balaban J connectivity index is 1.72. The molecule has 0 aliphatic heterocycles. The molecule has 0 bridgehead atoms. The number of nitrogens with two attached hydrogens (primary N) is 2. The van der Waals surface area contributed by atoms with Gasteiger partial charge in [0.25, 0.3) is 11.4 Å². The van der Waals surface area contributed by atoms with Crippen LogP contribution in [-0.2, 0) is 0 Å². The SMILES string of the molecule is NC(=O)c1cncc(-c2cc([N+](=O)[O-])ccc2OC(=O)Oc2ccc([N+](=O)[O-])cc2-c2cncc(C(N)=O)c2)c1. The molecule has 0 atom stereocenters. The summed E-state index contributed by atoms with van der Waals surface area (Å²) in [4.78, 5) is 65.2. The highest BCUT2D eigenvalue weighted by Gasteiger charge is 2.21. The lowest BCUT2D eigenvalue weighted by Crippen LogP contribution is -2.15. The van der Waals surface area contributed by atoms with Crippen molar-refractivity contribution < 1.29 is 33.7 Å².